The van der Waals surface area contributed by atoms with Crippen molar-refractivity contribution in [1.82, 2.24) is 15.5 Å². The van der Waals surface area contributed by atoms with Gasteiger partial charge in [-0.05, 0) is 32.4 Å². The molecule has 0 saturated carbocycles. The van der Waals surface area contributed by atoms with Crippen LogP contribution >= 0.6 is 0 Å². The monoisotopic (exact) mass is 266 g/mol. The Labute approximate surface area is 113 Å². The molecule has 0 bridgehead atoms. The minimum absolute atomic E-state index is 0.0527. The molecular formula is C13H22N4O2. The second-order valence-electron chi connectivity index (χ2n) is 4.75. The Morgan fingerprint density at radius 3 is 3.00 bits per heavy atom. The normalized spacial score (nSPS) is 16.5. The second kappa shape index (κ2) is 7.25. The molecule has 106 valence electrons. The van der Waals surface area contributed by atoms with Crippen molar-refractivity contribution in [3.8, 4) is 0 Å². The molecule has 6 heteroatoms. The molecule has 2 heterocycles. The molecule has 6 nitrogen and oxygen atoms in total. The van der Waals surface area contributed by atoms with Gasteiger partial charge in [0.2, 0.25) is 5.91 Å². The van der Waals surface area contributed by atoms with Crippen molar-refractivity contribution < 1.29 is 9.53 Å². The van der Waals surface area contributed by atoms with Crippen LogP contribution < -0.4 is 10.6 Å². The van der Waals surface area contributed by atoms with Crippen molar-refractivity contribution in [2.45, 2.75) is 38.7 Å². The van der Waals surface area contributed by atoms with Gasteiger partial charge in [-0.3, -0.25) is 9.89 Å². The van der Waals surface area contributed by atoms with E-state index in [-0.39, 0.29) is 5.91 Å². The number of anilines is 1. The first-order chi connectivity index (χ1) is 9.28. The summed E-state index contributed by atoms with van der Waals surface area (Å²) in [7, 11) is 0. The number of hydrogen-bond donors (Lipinski definition) is 3. The lowest BCUT2D eigenvalue weighted by molar-refractivity contribution is -0.117. The molecule has 0 aliphatic carbocycles. The summed E-state index contributed by atoms with van der Waals surface area (Å²) in [5.74, 6) is 0.534. The third-order valence-corrected chi connectivity index (χ3v) is 3.25. The lowest BCUT2D eigenvalue weighted by atomic mass is 10.1. The van der Waals surface area contributed by atoms with Crippen LogP contribution in [0.3, 0.4) is 0 Å². The molecule has 19 heavy (non-hydrogen) atoms. The number of ether oxygens (including phenoxy) is 1. The SMILES string of the molecule is CCc1cc(NC(=O)CCOC2CCNCC2)n[nH]1. The Hall–Kier alpha value is -1.40. The number of carbonyl (C=O) groups excluding carboxylic acids is 1. The summed E-state index contributed by atoms with van der Waals surface area (Å²) < 4.78 is 5.69. The van der Waals surface area contributed by atoms with Gasteiger partial charge >= 0.3 is 0 Å². The number of nitrogens with one attached hydrogen (secondary N) is 3. The number of aromatic nitrogens is 2. The number of amides is 1. The van der Waals surface area contributed by atoms with Gasteiger partial charge in [-0.25, -0.2) is 0 Å². The van der Waals surface area contributed by atoms with Crippen molar-refractivity contribution in [2.75, 3.05) is 25.0 Å². The van der Waals surface area contributed by atoms with E-state index in [4.69, 9.17) is 4.74 Å². The van der Waals surface area contributed by atoms with Crippen molar-refractivity contribution in [3.05, 3.63) is 11.8 Å². The molecule has 0 atom stereocenters. The van der Waals surface area contributed by atoms with E-state index >= 15 is 0 Å². The zero-order chi connectivity index (χ0) is 13.5. The molecule has 3 N–H and O–H groups in total. The van der Waals surface area contributed by atoms with E-state index < -0.39 is 0 Å². The smallest absolute Gasteiger partial charge is 0.227 e. The summed E-state index contributed by atoms with van der Waals surface area (Å²) >= 11 is 0. The van der Waals surface area contributed by atoms with Gasteiger partial charge in [0.25, 0.3) is 0 Å². The van der Waals surface area contributed by atoms with Gasteiger partial charge in [-0.1, -0.05) is 6.92 Å². The second-order valence-corrected chi connectivity index (χ2v) is 4.75. The maximum Gasteiger partial charge on any atom is 0.227 e. The summed E-state index contributed by atoms with van der Waals surface area (Å²) in [5, 5.41) is 12.9. The number of aryl methyl sites for hydroxylation is 1. The fourth-order valence-electron chi connectivity index (χ4n) is 2.09. The average Bonchev–Trinajstić information content (AvgIpc) is 2.87. The third-order valence-electron chi connectivity index (χ3n) is 3.25. The molecule has 1 aliphatic rings. The van der Waals surface area contributed by atoms with E-state index in [1.54, 1.807) is 0 Å². The number of piperidine rings is 1. The highest BCUT2D eigenvalue weighted by atomic mass is 16.5. The molecule has 0 aromatic carbocycles. The fraction of sp³-hybridized carbons (Fsp3) is 0.692. The quantitative estimate of drug-likeness (QED) is 0.719. The maximum absolute atomic E-state index is 11.7. The standard InChI is InChI=1S/C13H22N4O2/c1-2-10-9-12(17-16-10)15-13(18)5-8-19-11-3-6-14-7-4-11/h9,11,14H,2-8H2,1H3,(H2,15,16,17,18). The van der Waals surface area contributed by atoms with Crippen LogP contribution in [-0.4, -0.2) is 41.9 Å². The van der Waals surface area contributed by atoms with Crippen LogP contribution in [0.5, 0.6) is 0 Å². The number of hydrogen-bond acceptors (Lipinski definition) is 4. The number of H-pyrrole nitrogens is 1. The Morgan fingerprint density at radius 1 is 1.53 bits per heavy atom. The van der Waals surface area contributed by atoms with Gasteiger partial charge in [-0.15, -0.1) is 0 Å². The van der Waals surface area contributed by atoms with Crippen LogP contribution in [-0.2, 0) is 16.0 Å². The predicted molar refractivity (Wildman–Crippen MR) is 73.1 cm³/mol. The first-order valence-electron chi connectivity index (χ1n) is 6.94. The summed E-state index contributed by atoms with van der Waals surface area (Å²) in [4.78, 5) is 11.7. The first-order valence-corrected chi connectivity index (χ1v) is 6.94. The molecule has 1 saturated heterocycles. The topological polar surface area (TPSA) is 79.0 Å². The summed E-state index contributed by atoms with van der Waals surface area (Å²) in [6, 6.07) is 1.85. The van der Waals surface area contributed by atoms with Crippen molar-refractivity contribution in [3.63, 3.8) is 0 Å². The van der Waals surface area contributed by atoms with Crippen molar-refractivity contribution in [2.24, 2.45) is 0 Å². The number of rotatable bonds is 6. The average molecular weight is 266 g/mol. The first kappa shape index (κ1) is 14.0. The molecule has 0 spiro atoms. The van der Waals surface area contributed by atoms with E-state index in [1.165, 1.54) is 0 Å². The maximum atomic E-state index is 11.7. The highest BCUT2D eigenvalue weighted by Crippen LogP contribution is 2.09. The van der Waals surface area contributed by atoms with Gasteiger partial charge in [0, 0.05) is 11.8 Å². The zero-order valence-corrected chi connectivity index (χ0v) is 11.4. The van der Waals surface area contributed by atoms with Crippen LogP contribution in [0.2, 0.25) is 0 Å². The summed E-state index contributed by atoms with van der Waals surface area (Å²) in [6.45, 7) is 4.52. The minimum atomic E-state index is -0.0527. The van der Waals surface area contributed by atoms with E-state index in [2.05, 4.69) is 20.8 Å². The lowest BCUT2D eigenvalue weighted by Crippen LogP contribution is -2.33. The van der Waals surface area contributed by atoms with Gasteiger partial charge in [0.05, 0.1) is 19.1 Å². The van der Waals surface area contributed by atoms with Crippen LogP contribution in [0.4, 0.5) is 5.82 Å². The molecular weight excluding hydrogens is 244 g/mol. The molecule has 1 fully saturated rings. The van der Waals surface area contributed by atoms with E-state index in [0.717, 1.165) is 38.0 Å². The molecule has 2 rings (SSSR count). The van der Waals surface area contributed by atoms with Gasteiger partial charge in [0.1, 0.15) is 0 Å². The Morgan fingerprint density at radius 2 is 2.32 bits per heavy atom. The Kier molecular flexibility index (Phi) is 5.35. The minimum Gasteiger partial charge on any atom is -0.378 e. The van der Waals surface area contributed by atoms with Crippen LogP contribution in [0.25, 0.3) is 0 Å². The van der Waals surface area contributed by atoms with Gasteiger partial charge < -0.3 is 15.4 Å². The zero-order valence-electron chi connectivity index (χ0n) is 11.4. The Balaban J connectivity index is 1.63. The van der Waals surface area contributed by atoms with E-state index in [9.17, 15) is 4.79 Å². The fourth-order valence-corrected chi connectivity index (χ4v) is 2.09. The molecule has 0 unspecified atom stereocenters. The Bertz CT molecular complexity index is 399. The van der Waals surface area contributed by atoms with E-state index in [1.807, 2.05) is 13.0 Å². The highest BCUT2D eigenvalue weighted by molar-refractivity contribution is 5.89. The number of aromatic amines is 1. The molecule has 1 amide bonds. The molecule has 1 aliphatic heterocycles. The van der Waals surface area contributed by atoms with Crippen molar-refractivity contribution >= 4 is 11.7 Å². The summed E-state index contributed by atoms with van der Waals surface area (Å²) in [5.41, 5.74) is 1.02. The largest absolute Gasteiger partial charge is 0.378 e. The van der Waals surface area contributed by atoms with Gasteiger partial charge in [-0.2, -0.15) is 5.10 Å². The van der Waals surface area contributed by atoms with Crippen LogP contribution in [0.15, 0.2) is 6.07 Å². The van der Waals surface area contributed by atoms with E-state index in [0.29, 0.717) is 24.9 Å². The number of nitrogens with zero attached hydrogens (tertiary/aromatic N) is 1. The third kappa shape index (κ3) is 4.65. The van der Waals surface area contributed by atoms with Gasteiger partial charge in [0.15, 0.2) is 5.82 Å². The highest BCUT2D eigenvalue weighted by Gasteiger charge is 2.13. The summed E-state index contributed by atoms with van der Waals surface area (Å²) in [6.07, 6.45) is 3.60. The van der Waals surface area contributed by atoms with Crippen LogP contribution in [0.1, 0.15) is 31.9 Å². The predicted octanol–water partition coefficient (Wildman–Crippen LogP) is 1.07. The van der Waals surface area contributed by atoms with Crippen LogP contribution in [0, 0.1) is 0 Å². The molecule has 1 aromatic heterocycles. The lowest BCUT2D eigenvalue weighted by Gasteiger charge is -2.22. The number of carbonyl (C=O) groups is 1. The van der Waals surface area contributed by atoms with Crippen molar-refractivity contribution in [1.29, 1.82) is 0 Å². The molecule has 0 radical (unpaired) electrons. The molecule has 1 aromatic rings.